The maximum absolute atomic E-state index is 5.28. The maximum atomic E-state index is 5.28. The lowest BCUT2D eigenvalue weighted by Crippen LogP contribution is -2.40. The van der Waals surface area contributed by atoms with Crippen LogP contribution in [-0.2, 0) is 0 Å². The number of methoxy groups -OCH3 is 1. The number of amidine groups is 1. The highest BCUT2D eigenvalue weighted by atomic mass is 16.5. The largest absolute Gasteiger partial charge is 0.494 e. The number of nitrogens with zero attached hydrogens (tertiary/aromatic N) is 3. The van der Waals surface area contributed by atoms with E-state index in [0.717, 1.165) is 17.3 Å². The summed E-state index contributed by atoms with van der Waals surface area (Å²) in [5.74, 6) is 1.65. The molecule has 1 heterocycles. The minimum Gasteiger partial charge on any atom is -0.494 e. The van der Waals surface area contributed by atoms with Crippen molar-refractivity contribution in [3.05, 3.63) is 24.3 Å². The van der Waals surface area contributed by atoms with Gasteiger partial charge in [0.15, 0.2) is 0 Å². The van der Waals surface area contributed by atoms with Gasteiger partial charge in [-0.25, -0.2) is 0 Å². The van der Waals surface area contributed by atoms with E-state index in [1.54, 1.807) is 17.3 Å². The van der Waals surface area contributed by atoms with Gasteiger partial charge in [0, 0.05) is 7.05 Å². The number of ether oxygens (including phenoxy) is 1. The number of anilines is 1. The Hall–Kier alpha value is -1.75. The number of nitrogens with one attached hydrogen (secondary N) is 1. The van der Waals surface area contributed by atoms with Gasteiger partial charge in [0.05, 0.1) is 7.11 Å². The molecule has 1 N–H and O–H groups in total. The molecule has 0 amide bonds. The Labute approximate surface area is 88.9 Å². The van der Waals surface area contributed by atoms with Crippen molar-refractivity contribution >= 4 is 11.5 Å². The molecule has 0 bridgehead atoms. The van der Waals surface area contributed by atoms with Crippen molar-refractivity contribution in [2.45, 2.75) is 6.92 Å². The Morgan fingerprint density at radius 1 is 1.33 bits per heavy atom. The van der Waals surface area contributed by atoms with Crippen LogP contribution in [-0.4, -0.2) is 25.1 Å². The van der Waals surface area contributed by atoms with Gasteiger partial charge in [-0.15, -0.1) is 10.2 Å². The van der Waals surface area contributed by atoms with Crippen LogP contribution in [0.3, 0.4) is 0 Å². The van der Waals surface area contributed by atoms with Crippen LogP contribution in [0.1, 0.15) is 6.92 Å². The van der Waals surface area contributed by atoms with Gasteiger partial charge in [-0.3, -0.25) is 5.43 Å². The van der Waals surface area contributed by atoms with Crippen LogP contribution in [0.5, 0.6) is 5.75 Å². The minimum absolute atomic E-state index is 0.796. The number of hydrogen-bond donors (Lipinski definition) is 1. The van der Waals surface area contributed by atoms with E-state index in [0.29, 0.717) is 0 Å². The van der Waals surface area contributed by atoms with Crippen molar-refractivity contribution in [2.24, 2.45) is 5.10 Å². The molecule has 0 saturated heterocycles. The van der Waals surface area contributed by atoms with E-state index in [1.165, 1.54) is 0 Å². The highest BCUT2D eigenvalue weighted by Crippen LogP contribution is 2.29. The van der Waals surface area contributed by atoms with E-state index in [9.17, 15) is 0 Å². The number of rotatable bonds is 2. The molecule has 1 aromatic carbocycles. The molecule has 15 heavy (non-hydrogen) atoms. The number of hydrazone groups is 1. The zero-order valence-electron chi connectivity index (χ0n) is 9.06. The lowest BCUT2D eigenvalue weighted by Gasteiger charge is -2.23. The van der Waals surface area contributed by atoms with E-state index in [4.69, 9.17) is 4.74 Å². The molecule has 5 nitrogen and oxygen atoms in total. The zero-order chi connectivity index (χ0) is 10.8. The summed E-state index contributed by atoms with van der Waals surface area (Å²) in [6, 6.07) is 7.75. The summed E-state index contributed by atoms with van der Waals surface area (Å²) in [5.41, 5.74) is 3.98. The highest BCUT2D eigenvalue weighted by molar-refractivity contribution is 5.82. The Bertz CT molecular complexity index is 391. The van der Waals surface area contributed by atoms with Crippen LogP contribution in [0.4, 0.5) is 5.69 Å². The quantitative estimate of drug-likeness (QED) is 0.789. The predicted octanol–water partition coefficient (Wildman–Crippen LogP) is 1.20. The second kappa shape index (κ2) is 3.78. The monoisotopic (exact) mass is 206 g/mol. The average molecular weight is 206 g/mol. The Balaban J connectivity index is 2.37. The second-order valence-corrected chi connectivity index (χ2v) is 3.28. The van der Waals surface area contributed by atoms with Crippen LogP contribution < -0.4 is 15.3 Å². The summed E-state index contributed by atoms with van der Waals surface area (Å²) in [6.45, 7) is 1.91. The Morgan fingerprint density at radius 3 is 2.67 bits per heavy atom. The predicted molar refractivity (Wildman–Crippen MR) is 59.5 cm³/mol. The first-order valence-electron chi connectivity index (χ1n) is 4.71. The summed E-state index contributed by atoms with van der Waals surface area (Å²) in [7, 11) is 3.55. The second-order valence-electron chi connectivity index (χ2n) is 3.28. The molecule has 0 aliphatic carbocycles. The smallest absolute Gasteiger partial charge is 0.145 e. The van der Waals surface area contributed by atoms with E-state index < -0.39 is 0 Å². The molecule has 5 heteroatoms. The molecule has 2 rings (SSSR count). The Morgan fingerprint density at radius 2 is 2.07 bits per heavy atom. The maximum Gasteiger partial charge on any atom is 0.145 e. The molecule has 0 unspecified atom stereocenters. The number of para-hydroxylation sites is 2. The normalized spacial score (nSPS) is 16.2. The fourth-order valence-corrected chi connectivity index (χ4v) is 1.52. The van der Waals surface area contributed by atoms with E-state index in [1.807, 2.05) is 38.2 Å². The van der Waals surface area contributed by atoms with Crippen LogP contribution in [0.25, 0.3) is 0 Å². The molecular weight excluding hydrogens is 192 g/mol. The third-order valence-corrected chi connectivity index (χ3v) is 2.15. The number of hydrazine groups is 2. The van der Waals surface area contributed by atoms with Crippen molar-refractivity contribution in [1.82, 2.24) is 10.5 Å². The van der Waals surface area contributed by atoms with E-state index in [-0.39, 0.29) is 0 Å². The van der Waals surface area contributed by atoms with Crippen molar-refractivity contribution in [1.29, 1.82) is 0 Å². The molecular formula is C10H14N4O. The molecule has 1 aromatic rings. The minimum atomic E-state index is 0.796. The summed E-state index contributed by atoms with van der Waals surface area (Å²) in [4.78, 5) is 0. The molecule has 80 valence electrons. The van der Waals surface area contributed by atoms with Gasteiger partial charge in [0.25, 0.3) is 0 Å². The fourth-order valence-electron chi connectivity index (χ4n) is 1.52. The van der Waals surface area contributed by atoms with E-state index >= 15 is 0 Å². The molecule has 0 saturated carbocycles. The molecule has 1 aliphatic rings. The third-order valence-electron chi connectivity index (χ3n) is 2.15. The fraction of sp³-hybridized carbons (Fsp3) is 0.300. The zero-order valence-corrected chi connectivity index (χ0v) is 9.06. The van der Waals surface area contributed by atoms with Gasteiger partial charge in [0.2, 0.25) is 0 Å². The van der Waals surface area contributed by atoms with Gasteiger partial charge < -0.3 is 4.74 Å². The van der Waals surface area contributed by atoms with Crippen LogP contribution in [0.15, 0.2) is 29.4 Å². The SMILES string of the molecule is COc1ccccc1N1N=C(C)NN1C. The number of hydrogen-bond acceptors (Lipinski definition) is 5. The van der Waals surface area contributed by atoms with Crippen molar-refractivity contribution < 1.29 is 4.74 Å². The molecule has 0 radical (unpaired) electrons. The first-order valence-corrected chi connectivity index (χ1v) is 4.71. The van der Waals surface area contributed by atoms with Gasteiger partial charge in [0.1, 0.15) is 17.3 Å². The Kier molecular flexibility index (Phi) is 2.47. The standard InChI is InChI=1S/C10H14N4O/c1-8-11-13(2)14(12-8)9-6-4-5-7-10(9)15-3/h4-7H,1-3H3,(H,11,12). The first-order chi connectivity index (χ1) is 7.22. The lowest BCUT2D eigenvalue weighted by atomic mass is 10.3. The molecule has 0 fully saturated rings. The summed E-state index contributed by atoms with van der Waals surface area (Å²) in [6.07, 6.45) is 0. The van der Waals surface area contributed by atoms with Crippen LogP contribution in [0.2, 0.25) is 0 Å². The van der Waals surface area contributed by atoms with Gasteiger partial charge in [-0.2, -0.15) is 5.12 Å². The van der Waals surface area contributed by atoms with Crippen LogP contribution >= 0.6 is 0 Å². The summed E-state index contributed by atoms with van der Waals surface area (Å²) < 4.78 is 5.28. The lowest BCUT2D eigenvalue weighted by molar-refractivity contribution is 0.291. The van der Waals surface area contributed by atoms with Crippen LogP contribution in [0, 0.1) is 0 Å². The average Bonchev–Trinajstić information content (AvgIpc) is 2.57. The third kappa shape index (κ3) is 1.73. The first kappa shape index (κ1) is 9.79. The molecule has 1 aliphatic heterocycles. The topological polar surface area (TPSA) is 40.1 Å². The van der Waals surface area contributed by atoms with Crippen molar-refractivity contribution in [2.75, 3.05) is 19.3 Å². The van der Waals surface area contributed by atoms with Crippen molar-refractivity contribution in [3.63, 3.8) is 0 Å². The molecule has 0 aromatic heterocycles. The van der Waals surface area contributed by atoms with Gasteiger partial charge >= 0.3 is 0 Å². The highest BCUT2D eigenvalue weighted by Gasteiger charge is 2.21. The molecule has 0 spiro atoms. The van der Waals surface area contributed by atoms with Crippen molar-refractivity contribution in [3.8, 4) is 5.75 Å². The molecule has 0 atom stereocenters. The van der Waals surface area contributed by atoms with Gasteiger partial charge in [-0.1, -0.05) is 12.1 Å². The summed E-state index contributed by atoms with van der Waals surface area (Å²) in [5, 5.41) is 7.89. The van der Waals surface area contributed by atoms with Gasteiger partial charge in [-0.05, 0) is 19.1 Å². The summed E-state index contributed by atoms with van der Waals surface area (Å²) >= 11 is 0. The van der Waals surface area contributed by atoms with E-state index in [2.05, 4.69) is 10.5 Å². The number of benzene rings is 1.